The van der Waals surface area contributed by atoms with Gasteiger partial charge < -0.3 is 10.4 Å². The number of carboxylic acid groups (broad SMARTS) is 1. The summed E-state index contributed by atoms with van der Waals surface area (Å²) in [4.78, 5) is 10.8. The van der Waals surface area contributed by atoms with Gasteiger partial charge in [-0.15, -0.1) is 0 Å². The largest absolute Gasteiger partial charge is 0.490 e. The lowest BCUT2D eigenvalue weighted by Gasteiger charge is -2.35. The third kappa shape index (κ3) is 6.91. The van der Waals surface area contributed by atoms with Crippen molar-refractivity contribution in [2.45, 2.75) is 25.2 Å². The summed E-state index contributed by atoms with van der Waals surface area (Å²) >= 11 is 0. The van der Waals surface area contributed by atoms with Crippen molar-refractivity contribution >= 4 is 5.97 Å². The monoisotopic (exact) mass is 340 g/mol. The first-order chi connectivity index (χ1) is 10.7. The summed E-state index contributed by atoms with van der Waals surface area (Å²) in [6.07, 6.45) is -7.36. The molecule has 1 aliphatic heterocycles. The van der Waals surface area contributed by atoms with E-state index in [2.05, 4.69) is 5.32 Å². The average Bonchev–Trinajstić information content (AvgIpc) is 2.48. The van der Waals surface area contributed by atoms with Crippen molar-refractivity contribution in [3.05, 3.63) is 35.9 Å². The van der Waals surface area contributed by atoms with Crippen molar-refractivity contribution < 1.29 is 31.9 Å². The molecule has 1 aromatic carbocycles. The van der Waals surface area contributed by atoms with Crippen molar-refractivity contribution in [3.8, 4) is 0 Å². The average molecular weight is 340 g/mol. The van der Waals surface area contributed by atoms with Crippen LogP contribution in [-0.4, -0.2) is 54.3 Å². The summed E-state index contributed by atoms with van der Waals surface area (Å²) in [6.45, 7) is 2.46. The van der Waals surface area contributed by atoms with Gasteiger partial charge in [0.25, 0.3) is 6.43 Å². The molecule has 0 unspecified atom stereocenters. The fourth-order valence-corrected chi connectivity index (χ4v) is 2.03. The summed E-state index contributed by atoms with van der Waals surface area (Å²) in [6, 6.07) is 9.11. The first-order valence-corrected chi connectivity index (χ1v) is 6.78. The summed E-state index contributed by atoms with van der Waals surface area (Å²) in [5, 5.41) is 10.1. The predicted molar refractivity (Wildman–Crippen MR) is 73.2 cm³/mol. The predicted octanol–water partition coefficient (Wildman–Crippen LogP) is 2.36. The number of aliphatic carboxylic acids is 1. The Morgan fingerprint density at radius 1 is 1.30 bits per heavy atom. The molecule has 4 nitrogen and oxygen atoms in total. The molecule has 0 radical (unpaired) electrons. The molecule has 1 atom stereocenters. The van der Waals surface area contributed by atoms with Gasteiger partial charge in [-0.25, -0.2) is 13.6 Å². The van der Waals surface area contributed by atoms with Crippen molar-refractivity contribution in [1.82, 2.24) is 10.2 Å². The number of hydrogen-bond acceptors (Lipinski definition) is 3. The van der Waals surface area contributed by atoms with Gasteiger partial charge >= 0.3 is 12.1 Å². The standard InChI is InChI=1S/C12H16F2N2.C2HF3O2/c13-12(14)11-8-15-6-7-16(11)9-10-4-2-1-3-5-10;3-2(4,5)1(6)7/h1-5,11-12,15H,6-9H2;(H,6,7)/t11-;/m0./s1. The summed E-state index contributed by atoms with van der Waals surface area (Å²) < 4.78 is 57.3. The van der Waals surface area contributed by atoms with Gasteiger partial charge in [0.1, 0.15) is 0 Å². The lowest BCUT2D eigenvalue weighted by atomic mass is 10.1. The molecule has 0 amide bonds. The number of halogens is 5. The third-order valence-corrected chi connectivity index (χ3v) is 3.16. The number of carbonyl (C=O) groups is 1. The summed E-state index contributed by atoms with van der Waals surface area (Å²) in [7, 11) is 0. The minimum atomic E-state index is -5.08. The van der Waals surface area contributed by atoms with Crippen molar-refractivity contribution in [2.24, 2.45) is 0 Å². The quantitative estimate of drug-likeness (QED) is 0.830. The smallest absolute Gasteiger partial charge is 0.475 e. The Balaban J connectivity index is 0.000000322. The molecule has 9 heteroatoms. The van der Waals surface area contributed by atoms with Crippen LogP contribution < -0.4 is 5.32 Å². The second-order valence-corrected chi connectivity index (χ2v) is 4.86. The van der Waals surface area contributed by atoms with Crippen LogP contribution in [0.4, 0.5) is 22.0 Å². The molecule has 1 heterocycles. The number of benzene rings is 1. The molecule has 0 aromatic heterocycles. The molecule has 0 spiro atoms. The van der Waals surface area contributed by atoms with Gasteiger partial charge in [0, 0.05) is 26.2 Å². The minimum Gasteiger partial charge on any atom is -0.475 e. The van der Waals surface area contributed by atoms with Gasteiger partial charge in [-0.2, -0.15) is 13.2 Å². The van der Waals surface area contributed by atoms with E-state index >= 15 is 0 Å². The molecular formula is C14H17F5N2O2. The Morgan fingerprint density at radius 3 is 2.35 bits per heavy atom. The van der Waals surface area contributed by atoms with E-state index in [-0.39, 0.29) is 0 Å². The van der Waals surface area contributed by atoms with Gasteiger partial charge in [0.2, 0.25) is 0 Å². The van der Waals surface area contributed by atoms with Crippen LogP contribution >= 0.6 is 0 Å². The van der Waals surface area contributed by atoms with E-state index in [4.69, 9.17) is 9.90 Å². The highest BCUT2D eigenvalue weighted by atomic mass is 19.4. The van der Waals surface area contributed by atoms with Crippen molar-refractivity contribution in [3.63, 3.8) is 0 Å². The molecule has 23 heavy (non-hydrogen) atoms. The zero-order chi connectivity index (χ0) is 17.5. The Kier molecular flexibility index (Phi) is 7.37. The molecule has 0 bridgehead atoms. The van der Waals surface area contributed by atoms with Gasteiger partial charge in [0.05, 0.1) is 6.04 Å². The molecule has 2 N–H and O–H groups in total. The van der Waals surface area contributed by atoms with Gasteiger partial charge in [-0.3, -0.25) is 4.90 Å². The zero-order valence-corrected chi connectivity index (χ0v) is 12.1. The molecule has 130 valence electrons. The third-order valence-electron chi connectivity index (χ3n) is 3.16. The Bertz CT molecular complexity index is 482. The van der Waals surface area contributed by atoms with E-state index in [1.54, 1.807) is 0 Å². The highest BCUT2D eigenvalue weighted by Crippen LogP contribution is 2.15. The van der Waals surface area contributed by atoms with Gasteiger partial charge in [-0.05, 0) is 5.56 Å². The fourth-order valence-electron chi connectivity index (χ4n) is 2.03. The van der Waals surface area contributed by atoms with Crippen LogP contribution in [-0.2, 0) is 11.3 Å². The first kappa shape index (κ1) is 19.3. The van der Waals surface area contributed by atoms with E-state index in [1.165, 1.54) is 0 Å². The van der Waals surface area contributed by atoms with Gasteiger partial charge in [-0.1, -0.05) is 30.3 Å². The molecular weight excluding hydrogens is 323 g/mol. The van der Waals surface area contributed by atoms with Crippen LogP contribution in [0.15, 0.2) is 30.3 Å². The number of hydrogen-bond donors (Lipinski definition) is 2. The van der Waals surface area contributed by atoms with Crippen LogP contribution in [0.25, 0.3) is 0 Å². The maximum Gasteiger partial charge on any atom is 0.490 e. The molecule has 1 fully saturated rings. The highest BCUT2D eigenvalue weighted by molar-refractivity contribution is 5.73. The number of alkyl halides is 5. The second kappa shape index (κ2) is 8.78. The van der Waals surface area contributed by atoms with Crippen LogP contribution in [0, 0.1) is 0 Å². The Hall–Kier alpha value is -1.74. The van der Waals surface area contributed by atoms with E-state index in [1.807, 2.05) is 35.2 Å². The Labute approximate surface area is 129 Å². The van der Waals surface area contributed by atoms with Crippen LogP contribution in [0.1, 0.15) is 5.56 Å². The number of piperazine rings is 1. The van der Waals surface area contributed by atoms with E-state index in [0.717, 1.165) is 12.1 Å². The van der Waals surface area contributed by atoms with Crippen LogP contribution in [0.2, 0.25) is 0 Å². The van der Waals surface area contributed by atoms with Crippen molar-refractivity contribution in [1.29, 1.82) is 0 Å². The van der Waals surface area contributed by atoms with Crippen LogP contribution in [0.5, 0.6) is 0 Å². The number of carboxylic acids is 1. The summed E-state index contributed by atoms with van der Waals surface area (Å²) in [5.74, 6) is -2.76. The lowest BCUT2D eigenvalue weighted by Crippen LogP contribution is -2.53. The SMILES string of the molecule is FC(F)[C@@H]1CNCCN1Cc1ccccc1.O=C(O)C(F)(F)F. The molecule has 1 aliphatic rings. The number of nitrogens with zero attached hydrogens (tertiary/aromatic N) is 1. The van der Waals surface area contributed by atoms with E-state index in [0.29, 0.717) is 19.6 Å². The molecule has 0 aliphatic carbocycles. The minimum absolute atomic E-state index is 0.379. The van der Waals surface area contributed by atoms with Crippen molar-refractivity contribution in [2.75, 3.05) is 19.6 Å². The lowest BCUT2D eigenvalue weighted by molar-refractivity contribution is -0.192. The number of rotatable bonds is 3. The van der Waals surface area contributed by atoms with E-state index in [9.17, 15) is 22.0 Å². The molecule has 2 rings (SSSR count). The van der Waals surface area contributed by atoms with E-state index < -0.39 is 24.6 Å². The molecule has 1 aromatic rings. The zero-order valence-electron chi connectivity index (χ0n) is 12.1. The topological polar surface area (TPSA) is 52.6 Å². The molecule has 0 saturated carbocycles. The molecule has 1 saturated heterocycles. The van der Waals surface area contributed by atoms with Crippen LogP contribution in [0.3, 0.4) is 0 Å². The summed E-state index contributed by atoms with van der Waals surface area (Å²) in [5.41, 5.74) is 1.09. The second-order valence-electron chi connectivity index (χ2n) is 4.86. The number of nitrogens with one attached hydrogen (secondary N) is 1. The maximum atomic E-state index is 12.8. The Morgan fingerprint density at radius 2 is 1.87 bits per heavy atom. The normalized spacial score (nSPS) is 19.1. The fraction of sp³-hybridized carbons (Fsp3) is 0.500. The highest BCUT2D eigenvalue weighted by Gasteiger charge is 2.38. The first-order valence-electron chi connectivity index (χ1n) is 6.78. The maximum absolute atomic E-state index is 12.8. The van der Waals surface area contributed by atoms with Gasteiger partial charge in [0.15, 0.2) is 0 Å².